The van der Waals surface area contributed by atoms with Crippen molar-refractivity contribution < 1.29 is 0 Å². The molecule has 0 aromatic heterocycles. The predicted molar refractivity (Wildman–Crippen MR) is 73.9 cm³/mol. The third-order valence-electron chi connectivity index (χ3n) is 3.29. The molecule has 2 unspecified atom stereocenters. The van der Waals surface area contributed by atoms with Crippen LogP contribution in [0.3, 0.4) is 0 Å². The lowest BCUT2D eigenvalue weighted by Crippen LogP contribution is -2.44. The molecule has 0 aromatic rings. The molecule has 0 aliphatic rings. The Balaban J connectivity index is 3.97. The molecule has 0 saturated heterocycles. The van der Waals surface area contributed by atoms with Crippen molar-refractivity contribution in [3.63, 3.8) is 0 Å². The number of nitrogens with one attached hydrogen (secondary N) is 1. The first-order valence-electron chi connectivity index (χ1n) is 6.93. The van der Waals surface area contributed by atoms with Gasteiger partial charge in [-0.2, -0.15) is 0 Å². The van der Waals surface area contributed by atoms with Crippen LogP contribution in [0.1, 0.15) is 47.5 Å². The summed E-state index contributed by atoms with van der Waals surface area (Å²) in [5.74, 6) is 1.52. The van der Waals surface area contributed by atoms with E-state index in [1.807, 2.05) is 0 Å². The summed E-state index contributed by atoms with van der Waals surface area (Å²) in [5, 5.41) is 3.65. The van der Waals surface area contributed by atoms with Crippen LogP contribution >= 0.6 is 0 Å². The highest BCUT2D eigenvalue weighted by atomic mass is 15.1. The summed E-state index contributed by atoms with van der Waals surface area (Å²) in [6.45, 7) is 15.0. The number of hydrogen-bond acceptors (Lipinski definition) is 2. The summed E-state index contributed by atoms with van der Waals surface area (Å²) in [7, 11) is 2.25. The van der Waals surface area contributed by atoms with Crippen LogP contribution in [0.25, 0.3) is 0 Å². The van der Waals surface area contributed by atoms with Crippen molar-refractivity contribution in [2.75, 3.05) is 26.7 Å². The fraction of sp³-hybridized carbons (Fsp3) is 1.00. The Morgan fingerprint density at radius 2 is 1.69 bits per heavy atom. The summed E-state index contributed by atoms with van der Waals surface area (Å²) < 4.78 is 0. The van der Waals surface area contributed by atoms with E-state index in [1.54, 1.807) is 0 Å². The molecule has 2 atom stereocenters. The van der Waals surface area contributed by atoms with Gasteiger partial charge < -0.3 is 10.2 Å². The Bertz CT molecular complexity index is 157. The fourth-order valence-electron chi connectivity index (χ4n) is 1.91. The highest BCUT2D eigenvalue weighted by Crippen LogP contribution is 2.07. The van der Waals surface area contributed by atoms with Gasteiger partial charge >= 0.3 is 0 Å². The van der Waals surface area contributed by atoms with Crippen LogP contribution in [0.15, 0.2) is 0 Å². The lowest BCUT2D eigenvalue weighted by Gasteiger charge is -2.29. The van der Waals surface area contributed by atoms with E-state index in [9.17, 15) is 0 Å². The number of rotatable bonds is 9. The molecule has 0 saturated carbocycles. The number of hydrogen-bond donors (Lipinski definition) is 1. The molecular formula is C14H32N2. The molecule has 0 aromatic carbocycles. The van der Waals surface area contributed by atoms with Crippen molar-refractivity contribution in [1.29, 1.82) is 0 Å². The van der Waals surface area contributed by atoms with E-state index in [-0.39, 0.29) is 0 Å². The second-order valence-corrected chi connectivity index (χ2v) is 5.54. The van der Waals surface area contributed by atoms with Gasteiger partial charge in [0.1, 0.15) is 0 Å². The molecule has 0 aliphatic heterocycles. The van der Waals surface area contributed by atoms with Crippen molar-refractivity contribution in [3.8, 4) is 0 Å². The highest BCUT2D eigenvalue weighted by molar-refractivity contribution is 4.74. The van der Waals surface area contributed by atoms with Gasteiger partial charge in [-0.15, -0.1) is 0 Å². The van der Waals surface area contributed by atoms with E-state index >= 15 is 0 Å². The maximum Gasteiger partial charge on any atom is 0.0217 e. The Kier molecular flexibility index (Phi) is 8.96. The molecule has 16 heavy (non-hydrogen) atoms. The largest absolute Gasteiger partial charge is 0.312 e. The summed E-state index contributed by atoms with van der Waals surface area (Å²) in [6.07, 6.45) is 2.50. The molecule has 0 radical (unpaired) electrons. The van der Waals surface area contributed by atoms with Gasteiger partial charge in [0.05, 0.1) is 0 Å². The smallest absolute Gasteiger partial charge is 0.0217 e. The molecule has 0 fully saturated rings. The Morgan fingerprint density at radius 1 is 1.06 bits per heavy atom. The van der Waals surface area contributed by atoms with Crippen LogP contribution < -0.4 is 5.32 Å². The monoisotopic (exact) mass is 228 g/mol. The zero-order valence-corrected chi connectivity index (χ0v) is 12.2. The van der Waals surface area contributed by atoms with Crippen molar-refractivity contribution in [2.45, 2.75) is 53.5 Å². The molecule has 98 valence electrons. The molecule has 0 rings (SSSR count). The zero-order chi connectivity index (χ0) is 12.6. The lowest BCUT2D eigenvalue weighted by atomic mass is 10.0. The van der Waals surface area contributed by atoms with Gasteiger partial charge in [0.25, 0.3) is 0 Å². The molecule has 2 nitrogen and oxygen atoms in total. The van der Waals surface area contributed by atoms with Crippen LogP contribution in [0.2, 0.25) is 0 Å². The van der Waals surface area contributed by atoms with Crippen molar-refractivity contribution in [1.82, 2.24) is 10.2 Å². The van der Waals surface area contributed by atoms with Crippen molar-refractivity contribution in [2.24, 2.45) is 11.8 Å². The quantitative estimate of drug-likeness (QED) is 0.652. The molecule has 0 bridgehead atoms. The van der Waals surface area contributed by atoms with Gasteiger partial charge in [-0.25, -0.2) is 0 Å². The lowest BCUT2D eigenvalue weighted by molar-refractivity contribution is 0.227. The molecular weight excluding hydrogens is 196 g/mol. The molecule has 0 amide bonds. The third kappa shape index (κ3) is 7.24. The maximum absolute atomic E-state index is 3.65. The second kappa shape index (κ2) is 9.00. The maximum atomic E-state index is 3.65. The Morgan fingerprint density at radius 3 is 2.12 bits per heavy atom. The standard InChI is InChI=1S/C14H32N2/c1-7-9-15-14(12(3)4)11-16(6)10-13(5)8-2/h12-15H,7-11H2,1-6H3. The molecule has 2 heteroatoms. The summed E-state index contributed by atoms with van der Waals surface area (Å²) in [4.78, 5) is 2.47. The van der Waals surface area contributed by atoms with Gasteiger partial charge in [0.15, 0.2) is 0 Å². The summed E-state index contributed by atoms with van der Waals surface area (Å²) in [6, 6.07) is 0.633. The fourth-order valence-corrected chi connectivity index (χ4v) is 1.91. The minimum Gasteiger partial charge on any atom is -0.312 e. The van der Waals surface area contributed by atoms with E-state index in [0.717, 1.165) is 12.5 Å². The van der Waals surface area contributed by atoms with E-state index in [1.165, 1.54) is 25.9 Å². The second-order valence-electron chi connectivity index (χ2n) is 5.54. The molecule has 0 spiro atoms. The van der Waals surface area contributed by atoms with Gasteiger partial charge in [-0.05, 0) is 31.8 Å². The normalized spacial score (nSPS) is 15.8. The van der Waals surface area contributed by atoms with E-state index in [4.69, 9.17) is 0 Å². The van der Waals surface area contributed by atoms with Crippen LogP contribution in [-0.2, 0) is 0 Å². The van der Waals surface area contributed by atoms with Gasteiger partial charge in [-0.3, -0.25) is 0 Å². The van der Waals surface area contributed by atoms with Gasteiger partial charge in [-0.1, -0.05) is 41.0 Å². The van der Waals surface area contributed by atoms with Gasteiger partial charge in [0.2, 0.25) is 0 Å². The zero-order valence-electron chi connectivity index (χ0n) is 12.2. The first kappa shape index (κ1) is 15.9. The summed E-state index contributed by atoms with van der Waals surface area (Å²) >= 11 is 0. The number of nitrogens with zero attached hydrogens (tertiary/aromatic N) is 1. The molecule has 0 aliphatic carbocycles. The SMILES string of the molecule is CCCNC(CN(C)CC(C)CC)C(C)C. The van der Waals surface area contributed by atoms with E-state index in [2.05, 4.69) is 51.9 Å². The topological polar surface area (TPSA) is 15.3 Å². The van der Waals surface area contributed by atoms with E-state index in [0.29, 0.717) is 12.0 Å². The van der Waals surface area contributed by atoms with Crippen LogP contribution in [0.4, 0.5) is 0 Å². The number of likely N-dealkylation sites (N-methyl/N-ethyl adjacent to an activating group) is 1. The Hall–Kier alpha value is -0.0800. The third-order valence-corrected chi connectivity index (χ3v) is 3.29. The first-order valence-corrected chi connectivity index (χ1v) is 6.93. The summed E-state index contributed by atoms with van der Waals surface area (Å²) in [5.41, 5.74) is 0. The van der Waals surface area contributed by atoms with Crippen molar-refractivity contribution >= 4 is 0 Å². The minimum absolute atomic E-state index is 0.633. The van der Waals surface area contributed by atoms with Crippen molar-refractivity contribution in [3.05, 3.63) is 0 Å². The van der Waals surface area contributed by atoms with Crippen LogP contribution in [0.5, 0.6) is 0 Å². The predicted octanol–water partition coefficient (Wildman–Crippen LogP) is 2.99. The van der Waals surface area contributed by atoms with Crippen LogP contribution in [0, 0.1) is 11.8 Å². The highest BCUT2D eigenvalue weighted by Gasteiger charge is 2.15. The minimum atomic E-state index is 0.633. The van der Waals surface area contributed by atoms with Gasteiger partial charge in [0, 0.05) is 19.1 Å². The average molecular weight is 228 g/mol. The first-order chi connectivity index (χ1) is 7.51. The molecule has 1 N–H and O–H groups in total. The average Bonchev–Trinajstić information content (AvgIpc) is 2.23. The van der Waals surface area contributed by atoms with Crippen LogP contribution in [-0.4, -0.2) is 37.6 Å². The molecule has 0 heterocycles. The Labute approximate surface area is 103 Å². The van der Waals surface area contributed by atoms with E-state index < -0.39 is 0 Å².